The van der Waals surface area contributed by atoms with Gasteiger partial charge < -0.3 is 9.47 Å². The Morgan fingerprint density at radius 2 is 1.88 bits per heavy atom. The van der Waals surface area contributed by atoms with Crippen molar-refractivity contribution in [2.45, 2.75) is 105 Å². The molecule has 1 saturated carbocycles. The standard InChI is InChI=1S/C31H40N6O5/c1-5-16-36-29(38)26-28(35(7-3)30(36)39)33-27(23-18-32-34(20-23)19-22-13-11-12-21(4)17-22)37(26)25(6-2)42-31(40)41-24-14-9-8-10-15-24/h11-13,17-18,20,24-25H,5-10,14-16,19H2,1-4H3. The van der Waals surface area contributed by atoms with Gasteiger partial charge in [0.2, 0.25) is 0 Å². The zero-order valence-electron chi connectivity index (χ0n) is 24.9. The highest BCUT2D eigenvalue weighted by atomic mass is 16.7. The second kappa shape index (κ2) is 12.8. The maximum Gasteiger partial charge on any atom is 0.510 e. The molecule has 1 unspecified atom stereocenters. The Bertz CT molecular complexity index is 1670. The first-order valence-electron chi connectivity index (χ1n) is 15.1. The van der Waals surface area contributed by atoms with Gasteiger partial charge in [-0.05, 0) is 51.5 Å². The molecule has 3 aromatic heterocycles. The Balaban J connectivity index is 1.62. The van der Waals surface area contributed by atoms with Crippen molar-refractivity contribution < 1.29 is 14.3 Å². The number of benzene rings is 1. The molecule has 1 aliphatic carbocycles. The van der Waals surface area contributed by atoms with Crippen molar-refractivity contribution in [3.05, 3.63) is 68.6 Å². The van der Waals surface area contributed by atoms with Gasteiger partial charge in [0.05, 0.1) is 18.3 Å². The molecule has 0 spiro atoms. The van der Waals surface area contributed by atoms with Crippen molar-refractivity contribution in [1.29, 1.82) is 0 Å². The van der Waals surface area contributed by atoms with Crippen LogP contribution in [0.2, 0.25) is 0 Å². The second-order valence-electron chi connectivity index (χ2n) is 11.0. The van der Waals surface area contributed by atoms with E-state index in [4.69, 9.17) is 14.5 Å². The van der Waals surface area contributed by atoms with Gasteiger partial charge in [0.1, 0.15) is 11.9 Å². The molecule has 1 atom stereocenters. The Labute approximate surface area is 244 Å². The molecule has 11 nitrogen and oxygen atoms in total. The van der Waals surface area contributed by atoms with Gasteiger partial charge in [0.15, 0.2) is 17.4 Å². The number of hydrogen-bond donors (Lipinski definition) is 0. The van der Waals surface area contributed by atoms with Crippen LogP contribution in [0.15, 0.2) is 46.2 Å². The first-order chi connectivity index (χ1) is 20.3. The normalized spacial score (nSPS) is 14.8. The molecule has 0 N–H and O–H groups in total. The lowest BCUT2D eigenvalue weighted by atomic mass is 9.98. The third-order valence-corrected chi connectivity index (χ3v) is 7.82. The number of aromatic nitrogens is 6. The van der Waals surface area contributed by atoms with E-state index in [1.807, 2.05) is 52.1 Å². The second-order valence-corrected chi connectivity index (χ2v) is 11.0. The van der Waals surface area contributed by atoms with Crippen LogP contribution in [-0.2, 0) is 29.1 Å². The van der Waals surface area contributed by atoms with E-state index in [9.17, 15) is 14.4 Å². The van der Waals surface area contributed by atoms with E-state index in [0.717, 1.165) is 43.2 Å². The highest BCUT2D eigenvalue weighted by Crippen LogP contribution is 2.30. The summed E-state index contributed by atoms with van der Waals surface area (Å²) in [5.74, 6) is 0.394. The van der Waals surface area contributed by atoms with Gasteiger partial charge in [-0.2, -0.15) is 5.10 Å². The van der Waals surface area contributed by atoms with E-state index in [1.54, 1.807) is 15.4 Å². The minimum atomic E-state index is -0.883. The number of aryl methyl sites for hydroxylation is 2. The van der Waals surface area contributed by atoms with Crippen molar-refractivity contribution in [3.8, 4) is 11.4 Å². The maximum absolute atomic E-state index is 13.9. The van der Waals surface area contributed by atoms with E-state index in [0.29, 0.717) is 37.3 Å². The number of carbonyl (C=O) groups excluding carboxylic acids is 1. The highest BCUT2D eigenvalue weighted by Gasteiger charge is 2.29. The van der Waals surface area contributed by atoms with E-state index in [1.165, 1.54) is 9.13 Å². The first kappa shape index (κ1) is 29.3. The smallest absolute Gasteiger partial charge is 0.431 e. The molecule has 1 fully saturated rings. The summed E-state index contributed by atoms with van der Waals surface area (Å²) in [6, 6.07) is 8.20. The molecule has 0 aliphatic heterocycles. The predicted octanol–water partition coefficient (Wildman–Crippen LogP) is 5.40. The molecular weight excluding hydrogens is 536 g/mol. The number of carbonyl (C=O) groups is 1. The molecule has 1 aromatic carbocycles. The van der Waals surface area contributed by atoms with Crippen LogP contribution in [0.3, 0.4) is 0 Å². The van der Waals surface area contributed by atoms with Crippen LogP contribution >= 0.6 is 0 Å². The summed E-state index contributed by atoms with van der Waals surface area (Å²) in [5.41, 5.74) is 2.49. The third kappa shape index (κ3) is 5.91. The van der Waals surface area contributed by atoms with Crippen LogP contribution < -0.4 is 11.2 Å². The van der Waals surface area contributed by atoms with E-state index >= 15 is 0 Å². The van der Waals surface area contributed by atoms with Crippen LogP contribution in [0.25, 0.3) is 22.6 Å². The number of nitrogens with zero attached hydrogens (tertiary/aromatic N) is 6. The predicted molar refractivity (Wildman–Crippen MR) is 159 cm³/mol. The lowest BCUT2D eigenvalue weighted by Crippen LogP contribution is -2.40. The van der Waals surface area contributed by atoms with Crippen LogP contribution in [0.1, 0.15) is 83.1 Å². The maximum atomic E-state index is 13.9. The minimum Gasteiger partial charge on any atom is -0.431 e. The molecule has 0 saturated heterocycles. The topological polar surface area (TPSA) is 115 Å². The quantitative estimate of drug-likeness (QED) is 0.232. The molecule has 1 aliphatic rings. The van der Waals surface area contributed by atoms with Gasteiger partial charge in [-0.15, -0.1) is 0 Å². The monoisotopic (exact) mass is 576 g/mol. The molecule has 4 aromatic rings. The summed E-state index contributed by atoms with van der Waals surface area (Å²) < 4.78 is 17.7. The van der Waals surface area contributed by atoms with Gasteiger partial charge in [0.25, 0.3) is 5.56 Å². The van der Waals surface area contributed by atoms with Crippen molar-refractivity contribution in [1.82, 2.24) is 28.5 Å². The summed E-state index contributed by atoms with van der Waals surface area (Å²) >= 11 is 0. The molecule has 0 radical (unpaired) electrons. The van der Waals surface area contributed by atoms with Crippen LogP contribution in [0, 0.1) is 6.92 Å². The molecule has 3 heterocycles. The Kier molecular flexibility index (Phi) is 8.94. The Morgan fingerprint density at radius 1 is 1.10 bits per heavy atom. The van der Waals surface area contributed by atoms with Crippen molar-refractivity contribution >= 4 is 17.3 Å². The van der Waals surface area contributed by atoms with Crippen LogP contribution in [0.5, 0.6) is 0 Å². The first-order valence-corrected chi connectivity index (χ1v) is 15.1. The summed E-state index contributed by atoms with van der Waals surface area (Å²) in [5, 5.41) is 4.56. The molecule has 42 heavy (non-hydrogen) atoms. The number of hydrogen-bond acceptors (Lipinski definition) is 7. The van der Waals surface area contributed by atoms with Gasteiger partial charge in [-0.1, -0.05) is 50.1 Å². The molecule has 224 valence electrons. The molecule has 0 bridgehead atoms. The lowest BCUT2D eigenvalue weighted by molar-refractivity contribution is -0.0305. The summed E-state index contributed by atoms with van der Waals surface area (Å²) in [7, 11) is 0. The zero-order chi connectivity index (χ0) is 29.8. The third-order valence-electron chi connectivity index (χ3n) is 7.82. The van der Waals surface area contributed by atoms with Gasteiger partial charge >= 0.3 is 11.8 Å². The van der Waals surface area contributed by atoms with Crippen molar-refractivity contribution in [2.75, 3.05) is 0 Å². The fourth-order valence-corrected chi connectivity index (χ4v) is 5.79. The SMILES string of the molecule is CCCn1c(=O)c2c(nc(-c3cnn(Cc4cccc(C)c4)c3)n2C(CC)OC(=O)OC2CCCCC2)n(CC)c1=O. The van der Waals surface area contributed by atoms with E-state index in [-0.39, 0.29) is 23.8 Å². The number of ether oxygens (including phenoxy) is 2. The van der Waals surface area contributed by atoms with Gasteiger partial charge in [-0.3, -0.25) is 23.2 Å². The van der Waals surface area contributed by atoms with E-state index < -0.39 is 23.6 Å². The molecular formula is C31H40N6O5. The van der Waals surface area contributed by atoms with Gasteiger partial charge in [0, 0.05) is 25.7 Å². The number of fused-ring (bicyclic) bond motifs is 1. The molecule has 0 amide bonds. The number of rotatable bonds is 10. The largest absolute Gasteiger partial charge is 0.510 e. The van der Waals surface area contributed by atoms with Crippen molar-refractivity contribution in [2.24, 2.45) is 0 Å². The molecule has 11 heteroatoms. The van der Waals surface area contributed by atoms with Crippen LogP contribution in [-0.4, -0.2) is 40.7 Å². The summed E-state index contributed by atoms with van der Waals surface area (Å²) in [6.45, 7) is 8.81. The Morgan fingerprint density at radius 3 is 2.57 bits per heavy atom. The van der Waals surface area contributed by atoms with Crippen molar-refractivity contribution in [3.63, 3.8) is 0 Å². The fraction of sp³-hybridized carbons (Fsp3) is 0.516. The zero-order valence-corrected chi connectivity index (χ0v) is 24.9. The molecule has 5 rings (SSSR count). The Hall–Kier alpha value is -4.15. The lowest BCUT2D eigenvalue weighted by Gasteiger charge is -2.24. The number of imidazole rings is 1. The van der Waals surface area contributed by atoms with Crippen LogP contribution in [0.4, 0.5) is 4.79 Å². The summed E-state index contributed by atoms with van der Waals surface area (Å²) in [4.78, 5) is 45.0. The average molecular weight is 577 g/mol. The minimum absolute atomic E-state index is 0.172. The fourth-order valence-electron chi connectivity index (χ4n) is 5.79. The van der Waals surface area contributed by atoms with Gasteiger partial charge in [-0.25, -0.2) is 14.6 Å². The summed E-state index contributed by atoms with van der Waals surface area (Å²) in [6.07, 6.45) is 7.48. The highest BCUT2D eigenvalue weighted by molar-refractivity contribution is 5.77. The van der Waals surface area contributed by atoms with E-state index in [2.05, 4.69) is 11.2 Å². The average Bonchev–Trinajstić information content (AvgIpc) is 3.60.